The Hall–Kier alpha value is 0.440. The van der Waals surface area contributed by atoms with Crippen molar-refractivity contribution in [3.63, 3.8) is 0 Å². The van der Waals surface area contributed by atoms with Gasteiger partial charge in [-0.15, -0.1) is 0 Å². The summed E-state index contributed by atoms with van der Waals surface area (Å²) in [5.74, 6) is 1.84. The van der Waals surface area contributed by atoms with Crippen LogP contribution in [0.3, 0.4) is 0 Å². The summed E-state index contributed by atoms with van der Waals surface area (Å²) in [5.41, 5.74) is 1.21. The molecule has 0 saturated carbocycles. The molecule has 0 nitrogen and oxygen atoms in total. The summed E-state index contributed by atoms with van der Waals surface area (Å²) in [5, 5.41) is 0. The van der Waals surface area contributed by atoms with Gasteiger partial charge < -0.3 is 0 Å². The molecule has 2 heteroatoms. The molecule has 0 aliphatic carbocycles. The summed E-state index contributed by atoms with van der Waals surface area (Å²) in [6, 6.07) is 0. The van der Waals surface area contributed by atoms with E-state index in [1.165, 1.54) is 5.57 Å². The molecule has 0 aliphatic heterocycles. The minimum Gasteiger partial charge on any atom is -0.175 e. The van der Waals surface area contributed by atoms with Crippen molar-refractivity contribution in [3.8, 4) is 0 Å². The Labute approximate surface area is 73.9 Å². The topological polar surface area (TPSA) is 0 Å². The van der Waals surface area contributed by atoms with Gasteiger partial charge in [-0.25, -0.2) is 0 Å². The molecular weight excluding hydrogens is 160 g/mol. The van der Waals surface area contributed by atoms with Crippen molar-refractivity contribution in [1.82, 2.24) is 0 Å². The average Bonchev–Trinajstić information content (AvgIpc) is 1.81. The van der Waals surface area contributed by atoms with Gasteiger partial charge in [-0.1, -0.05) is 32.9 Å². The summed E-state index contributed by atoms with van der Waals surface area (Å²) >= 11 is 6.05. The lowest BCUT2D eigenvalue weighted by Gasteiger charge is -2.17. The Morgan fingerprint density at radius 3 is 2.30 bits per heavy atom. The summed E-state index contributed by atoms with van der Waals surface area (Å²) in [4.78, 5) is 0. The van der Waals surface area contributed by atoms with Crippen molar-refractivity contribution in [3.05, 3.63) is 12.2 Å². The van der Waals surface area contributed by atoms with Gasteiger partial charge in [0.2, 0.25) is 0 Å². The zero-order valence-electron chi connectivity index (χ0n) is 6.98. The van der Waals surface area contributed by atoms with Crippen molar-refractivity contribution < 1.29 is 0 Å². The Morgan fingerprint density at radius 1 is 1.50 bits per heavy atom. The highest BCUT2D eigenvalue weighted by Gasteiger charge is 2.09. The Kier molecular flexibility index (Phi) is 4.54. The quantitative estimate of drug-likeness (QED) is 0.509. The fourth-order valence-electron chi connectivity index (χ4n) is 0.364. The third-order valence-corrected chi connectivity index (χ3v) is 2.80. The summed E-state index contributed by atoms with van der Waals surface area (Å²) in [6.07, 6.45) is 0. The van der Waals surface area contributed by atoms with Crippen LogP contribution in [0.4, 0.5) is 0 Å². The first-order chi connectivity index (χ1) is 4.45. The second-order valence-corrected chi connectivity index (χ2v) is 5.43. The van der Waals surface area contributed by atoms with Crippen molar-refractivity contribution in [1.29, 1.82) is 0 Å². The number of thioether (sulfide) groups is 1. The van der Waals surface area contributed by atoms with Crippen LogP contribution in [-0.2, 0) is 0 Å². The monoisotopic (exact) mass is 176 g/mol. The summed E-state index contributed by atoms with van der Waals surface area (Å²) < 4.78 is 0.353. The first kappa shape index (κ1) is 10.4. The summed E-state index contributed by atoms with van der Waals surface area (Å²) in [7, 11) is 0. The lowest BCUT2D eigenvalue weighted by Crippen LogP contribution is -2.09. The van der Waals surface area contributed by atoms with Crippen LogP contribution in [0.25, 0.3) is 0 Å². The first-order valence-electron chi connectivity index (χ1n) is 3.37. The van der Waals surface area contributed by atoms with E-state index in [0.717, 1.165) is 11.5 Å². The van der Waals surface area contributed by atoms with Crippen LogP contribution in [-0.4, -0.2) is 16.3 Å². The minimum absolute atomic E-state index is 0.353. The van der Waals surface area contributed by atoms with Gasteiger partial charge in [0.1, 0.15) is 0 Å². The fraction of sp³-hybridized carbons (Fsp3) is 0.750. The van der Waals surface area contributed by atoms with Gasteiger partial charge in [0, 0.05) is 16.3 Å². The maximum Gasteiger partial charge on any atom is 0.0154 e. The molecule has 60 valence electrons. The molecule has 0 aliphatic rings. The molecule has 0 N–H and O–H groups in total. The van der Waals surface area contributed by atoms with Crippen LogP contribution in [0.2, 0.25) is 0 Å². The van der Waals surface area contributed by atoms with Gasteiger partial charge >= 0.3 is 0 Å². The van der Waals surface area contributed by atoms with Crippen LogP contribution in [0.15, 0.2) is 12.2 Å². The molecule has 0 radical (unpaired) electrons. The van der Waals surface area contributed by atoms with Crippen LogP contribution in [0.1, 0.15) is 20.8 Å². The Morgan fingerprint density at radius 2 is 2.00 bits per heavy atom. The summed E-state index contributed by atoms with van der Waals surface area (Å²) in [6.45, 7) is 10.5. The Bertz CT molecular complexity index is 111. The molecule has 0 unspecified atom stereocenters. The van der Waals surface area contributed by atoms with Gasteiger partial charge in [-0.2, -0.15) is 24.4 Å². The van der Waals surface area contributed by atoms with E-state index in [-0.39, 0.29) is 0 Å². The largest absolute Gasteiger partial charge is 0.175 e. The zero-order chi connectivity index (χ0) is 8.20. The highest BCUT2D eigenvalue weighted by Crippen LogP contribution is 2.24. The molecule has 0 atom stereocenters. The van der Waals surface area contributed by atoms with Crippen molar-refractivity contribution in [2.75, 3.05) is 11.5 Å². The second kappa shape index (κ2) is 4.35. The lowest BCUT2D eigenvalue weighted by molar-refractivity contribution is 0.804. The molecule has 0 aromatic rings. The zero-order valence-corrected chi connectivity index (χ0v) is 8.69. The van der Waals surface area contributed by atoms with Crippen LogP contribution < -0.4 is 0 Å². The highest BCUT2D eigenvalue weighted by atomic mass is 32.2. The number of rotatable bonds is 3. The van der Waals surface area contributed by atoms with E-state index >= 15 is 0 Å². The molecule has 0 aromatic heterocycles. The van der Waals surface area contributed by atoms with Gasteiger partial charge in [-0.05, 0) is 0 Å². The molecule has 0 spiro atoms. The van der Waals surface area contributed by atoms with Gasteiger partial charge in [-0.3, -0.25) is 0 Å². The molecular formula is C8H16S2. The third kappa shape index (κ3) is 6.56. The van der Waals surface area contributed by atoms with Crippen LogP contribution in [0, 0.1) is 0 Å². The number of hydrogen-bond donors (Lipinski definition) is 1. The second-order valence-electron chi connectivity index (χ2n) is 3.31. The number of thiol groups is 1. The lowest BCUT2D eigenvalue weighted by atomic mass is 10.3. The van der Waals surface area contributed by atoms with E-state index < -0.39 is 0 Å². The molecule has 0 rings (SSSR count). The molecule has 0 amide bonds. The van der Waals surface area contributed by atoms with Gasteiger partial charge in [0.05, 0.1) is 0 Å². The normalized spacial score (nSPS) is 11.6. The minimum atomic E-state index is 0.353. The standard InChI is InChI=1S/C8H16S2/c1-7(5-9)6-10-8(2,3)4/h9H,1,5-6H2,2-4H3. The van der Waals surface area contributed by atoms with Crippen molar-refractivity contribution in [2.24, 2.45) is 0 Å². The van der Waals surface area contributed by atoms with Gasteiger partial charge in [0.15, 0.2) is 0 Å². The predicted molar refractivity (Wildman–Crippen MR) is 55.2 cm³/mol. The smallest absolute Gasteiger partial charge is 0.0154 e. The van der Waals surface area contributed by atoms with E-state index in [0.29, 0.717) is 4.75 Å². The molecule has 0 fully saturated rings. The van der Waals surface area contributed by atoms with Gasteiger partial charge in [0.25, 0.3) is 0 Å². The SMILES string of the molecule is C=C(CS)CSC(C)(C)C. The first-order valence-corrected chi connectivity index (χ1v) is 4.99. The van der Waals surface area contributed by atoms with E-state index in [1.54, 1.807) is 0 Å². The maximum absolute atomic E-state index is 4.13. The molecule has 0 saturated heterocycles. The molecule has 0 bridgehead atoms. The molecule has 0 aromatic carbocycles. The highest BCUT2D eigenvalue weighted by molar-refractivity contribution is 8.00. The van der Waals surface area contributed by atoms with Crippen molar-refractivity contribution in [2.45, 2.75) is 25.5 Å². The Balaban J connectivity index is 3.46. The van der Waals surface area contributed by atoms with Crippen LogP contribution >= 0.6 is 24.4 Å². The average molecular weight is 176 g/mol. The van der Waals surface area contributed by atoms with E-state index in [1.807, 2.05) is 11.8 Å². The fourth-order valence-corrected chi connectivity index (χ4v) is 1.37. The number of hydrogen-bond acceptors (Lipinski definition) is 2. The van der Waals surface area contributed by atoms with E-state index in [2.05, 4.69) is 40.0 Å². The molecule has 0 heterocycles. The predicted octanol–water partition coefficient (Wildman–Crippen LogP) is 3.00. The third-order valence-electron chi connectivity index (χ3n) is 0.933. The molecule has 10 heavy (non-hydrogen) atoms. The van der Waals surface area contributed by atoms with E-state index in [9.17, 15) is 0 Å². The maximum atomic E-state index is 4.13. The van der Waals surface area contributed by atoms with Crippen molar-refractivity contribution >= 4 is 24.4 Å². The van der Waals surface area contributed by atoms with Crippen LogP contribution in [0.5, 0.6) is 0 Å². The van der Waals surface area contributed by atoms with E-state index in [4.69, 9.17) is 0 Å².